The highest BCUT2D eigenvalue weighted by Gasteiger charge is 2.04. The summed E-state index contributed by atoms with van der Waals surface area (Å²) in [5, 5.41) is 5.54. The zero-order chi connectivity index (χ0) is 12.1. The average molecular weight is 249 g/mol. The fraction of sp³-hybridized carbons (Fsp3) is 0.286. The van der Waals surface area contributed by atoms with E-state index in [1.165, 1.54) is 17.0 Å². The van der Waals surface area contributed by atoms with Gasteiger partial charge in [-0.1, -0.05) is 18.2 Å². The molecule has 1 aromatic heterocycles. The van der Waals surface area contributed by atoms with Gasteiger partial charge in [0.25, 0.3) is 0 Å². The minimum absolute atomic E-state index is 0.181. The third-order valence-corrected chi connectivity index (χ3v) is 3.71. The Morgan fingerprint density at radius 1 is 1.24 bits per heavy atom. The Morgan fingerprint density at radius 3 is 2.65 bits per heavy atom. The van der Waals surface area contributed by atoms with Crippen molar-refractivity contribution in [2.24, 2.45) is 0 Å². The number of hydrogen-bond donors (Lipinski definition) is 1. The summed E-state index contributed by atoms with van der Waals surface area (Å²) >= 11 is 1.78. The van der Waals surface area contributed by atoms with Gasteiger partial charge in [-0.15, -0.1) is 11.3 Å². The summed E-state index contributed by atoms with van der Waals surface area (Å²) in [7, 11) is 0. The summed E-state index contributed by atoms with van der Waals surface area (Å²) in [4.78, 5) is 1.39. The molecule has 90 valence electrons. The van der Waals surface area contributed by atoms with Crippen LogP contribution in [0.3, 0.4) is 0 Å². The summed E-state index contributed by atoms with van der Waals surface area (Å²) in [5.41, 5.74) is 1.12. The molecule has 2 aromatic rings. The van der Waals surface area contributed by atoms with E-state index in [0.29, 0.717) is 0 Å². The Balaban J connectivity index is 1.81. The summed E-state index contributed by atoms with van der Waals surface area (Å²) in [6, 6.07) is 11.2. The second-order valence-corrected chi connectivity index (χ2v) is 5.09. The zero-order valence-electron chi connectivity index (χ0n) is 9.82. The van der Waals surface area contributed by atoms with E-state index in [9.17, 15) is 4.39 Å². The van der Waals surface area contributed by atoms with E-state index in [1.807, 2.05) is 12.1 Å². The first-order chi connectivity index (χ1) is 8.25. The second-order valence-electron chi connectivity index (χ2n) is 4.06. The molecule has 1 unspecified atom stereocenters. The van der Waals surface area contributed by atoms with E-state index in [-0.39, 0.29) is 11.9 Å². The third kappa shape index (κ3) is 3.65. The van der Waals surface area contributed by atoms with Gasteiger partial charge in [-0.2, -0.15) is 0 Å². The van der Waals surface area contributed by atoms with Gasteiger partial charge in [0.1, 0.15) is 5.82 Å². The van der Waals surface area contributed by atoms with Crippen LogP contribution < -0.4 is 5.32 Å². The van der Waals surface area contributed by atoms with E-state index in [4.69, 9.17) is 0 Å². The summed E-state index contributed by atoms with van der Waals surface area (Å²) in [5.74, 6) is -0.181. The topological polar surface area (TPSA) is 12.0 Å². The van der Waals surface area contributed by atoms with Gasteiger partial charge in [-0.3, -0.25) is 0 Å². The van der Waals surface area contributed by atoms with E-state index in [1.54, 1.807) is 11.3 Å². The smallest absolute Gasteiger partial charge is 0.123 e. The van der Waals surface area contributed by atoms with Crippen LogP contribution in [-0.4, -0.2) is 6.54 Å². The molecule has 0 aliphatic carbocycles. The van der Waals surface area contributed by atoms with Crippen LogP contribution >= 0.6 is 11.3 Å². The van der Waals surface area contributed by atoms with Gasteiger partial charge < -0.3 is 5.32 Å². The largest absolute Gasteiger partial charge is 0.310 e. The highest BCUT2D eigenvalue weighted by atomic mass is 32.1. The molecule has 0 radical (unpaired) electrons. The maximum absolute atomic E-state index is 12.8. The minimum Gasteiger partial charge on any atom is -0.310 e. The summed E-state index contributed by atoms with van der Waals surface area (Å²) < 4.78 is 12.8. The molecule has 0 fully saturated rings. The lowest BCUT2D eigenvalue weighted by molar-refractivity contribution is 0.575. The van der Waals surface area contributed by atoms with Crippen LogP contribution in [-0.2, 0) is 6.42 Å². The standard InChI is InChI=1S/C14H16FNS/c1-11(12-4-6-13(15)7-5-12)16-9-8-14-3-2-10-17-14/h2-7,10-11,16H,8-9H2,1H3. The molecule has 17 heavy (non-hydrogen) atoms. The number of benzene rings is 1. The Morgan fingerprint density at radius 2 is 2.00 bits per heavy atom. The second kappa shape index (κ2) is 5.94. The van der Waals surface area contributed by atoms with E-state index in [0.717, 1.165) is 18.5 Å². The SMILES string of the molecule is CC(NCCc1cccs1)c1ccc(F)cc1. The molecule has 1 heterocycles. The average Bonchev–Trinajstić information content (AvgIpc) is 2.83. The van der Waals surface area contributed by atoms with Crippen molar-refractivity contribution in [3.63, 3.8) is 0 Å². The Kier molecular flexibility index (Phi) is 4.29. The first kappa shape index (κ1) is 12.3. The summed E-state index contributed by atoms with van der Waals surface area (Å²) in [6.45, 7) is 3.04. The van der Waals surface area contributed by atoms with Crippen LogP contribution in [0.1, 0.15) is 23.4 Å². The first-order valence-electron chi connectivity index (χ1n) is 5.77. The Labute approximate surface area is 105 Å². The predicted octanol–water partition coefficient (Wildman–Crippen LogP) is 3.78. The number of hydrogen-bond acceptors (Lipinski definition) is 2. The fourth-order valence-corrected chi connectivity index (χ4v) is 2.44. The molecule has 0 saturated heterocycles. The van der Waals surface area contributed by atoms with E-state index < -0.39 is 0 Å². The zero-order valence-corrected chi connectivity index (χ0v) is 10.6. The molecular weight excluding hydrogens is 233 g/mol. The maximum atomic E-state index is 12.8. The predicted molar refractivity (Wildman–Crippen MR) is 70.8 cm³/mol. The van der Waals surface area contributed by atoms with Crippen molar-refractivity contribution in [2.45, 2.75) is 19.4 Å². The van der Waals surface area contributed by atoms with Gasteiger partial charge in [0.05, 0.1) is 0 Å². The van der Waals surface area contributed by atoms with Crippen molar-refractivity contribution in [3.8, 4) is 0 Å². The lowest BCUT2D eigenvalue weighted by Crippen LogP contribution is -2.21. The highest BCUT2D eigenvalue weighted by Crippen LogP contribution is 2.13. The Bertz CT molecular complexity index is 436. The highest BCUT2D eigenvalue weighted by molar-refractivity contribution is 7.09. The van der Waals surface area contributed by atoms with Gasteiger partial charge in [0.15, 0.2) is 0 Å². The van der Waals surface area contributed by atoms with Crippen LogP contribution in [0.2, 0.25) is 0 Å². The molecule has 2 rings (SSSR count). The fourth-order valence-electron chi connectivity index (χ4n) is 1.74. The van der Waals surface area contributed by atoms with Crippen molar-refractivity contribution < 1.29 is 4.39 Å². The van der Waals surface area contributed by atoms with Gasteiger partial charge in [-0.25, -0.2) is 4.39 Å². The van der Waals surface area contributed by atoms with Crippen LogP contribution in [0, 0.1) is 5.82 Å². The normalized spacial score (nSPS) is 12.6. The lowest BCUT2D eigenvalue weighted by Gasteiger charge is -2.13. The number of thiophene rings is 1. The molecule has 1 atom stereocenters. The molecule has 0 saturated carbocycles. The molecule has 3 heteroatoms. The molecule has 0 amide bonds. The van der Waals surface area contributed by atoms with Crippen LogP contribution in [0.4, 0.5) is 4.39 Å². The van der Waals surface area contributed by atoms with E-state index in [2.05, 4.69) is 29.8 Å². The third-order valence-electron chi connectivity index (χ3n) is 2.77. The van der Waals surface area contributed by atoms with Gasteiger partial charge in [0, 0.05) is 17.5 Å². The number of rotatable bonds is 5. The number of nitrogens with one attached hydrogen (secondary N) is 1. The maximum Gasteiger partial charge on any atom is 0.123 e. The molecule has 1 aromatic carbocycles. The molecule has 0 spiro atoms. The van der Waals surface area contributed by atoms with Gasteiger partial charge in [0.2, 0.25) is 0 Å². The monoisotopic (exact) mass is 249 g/mol. The van der Waals surface area contributed by atoms with Crippen molar-refractivity contribution in [2.75, 3.05) is 6.54 Å². The quantitative estimate of drug-likeness (QED) is 0.850. The first-order valence-corrected chi connectivity index (χ1v) is 6.65. The summed E-state index contributed by atoms with van der Waals surface area (Å²) in [6.07, 6.45) is 1.04. The molecule has 0 bridgehead atoms. The van der Waals surface area contributed by atoms with Crippen molar-refractivity contribution in [3.05, 3.63) is 58.0 Å². The molecular formula is C14H16FNS. The van der Waals surface area contributed by atoms with Gasteiger partial charge >= 0.3 is 0 Å². The van der Waals surface area contributed by atoms with Crippen LogP contribution in [0.25, 0.3) is 0 Å². The van der Waals surface area contributed by atoms with Crippen LogP contribution in [0.5, 0.6) is 0 Å². The van der Waals surface area contributed by atoms with Crippen molar-refractivity contribution >= 4 is 11.3 Å². The molecule has 0 aliphatic heterocycles. The number of halogens is 1. The van der Waals surface area contributed by atoms with Crippen molar-refractivity contribution in [1.29, 1.82) is 0 Å². The minimum atomic E-state index is -0.181. The van der Waals surface area contributed by atoms with Crippen molar-refractivity contribution in [1.82, 2.24) is 5.32 Å². The van der Waals surface area contributed by atoms with Gasteiger partial charge in [-0.05, 0) is 42.5 Å². The van der Waals surface area contributed by atoms with Crippen LogP contribution in [0.15, 0.2) is 41.8 Å². The molecule has 1 nitrogen and oxygen atoms in total. The van der Waals surface area contributed by atoms with E-state index >= 15 is 0 Å². The lowest BCUT2D eigenvalue weighted by atomic mass is 10.1. The Hall–Kier alpha value is -1.19. The molecule has 0 aliphatic rings. The molecule has 1 N–H and O–H groups in total.